The fourth-order valence-corrected chi connectivity index (χ4v) is 2.44. The van der Waals surface area contributed by atoms with Crippen LogP contribution in [0.2, 0.25) is 0 Å². The summed E-state index contributed by atoms with van der Waals surface area (Å²) in [7, 11) is 0. The molecule has 116 valence electrons. The zero-order chi connectivity index (χ0) is 15.9. The number of nitrogens with one attached hydrogen (secondary N) is 2. The maximum absolute atomic E-state index is 11.6. The highest BCUT2D eigenvalue weighted by molar-refractivity contribution is 5.88. The minimum absolute atomic E-state index is 0.0290. The summed E-state index contributed by atoms with van der Waals surface area (Å²) < 4.78 is 0. The van der Waals surface area contributed by atoms with Crippen molar-refractivity contribution in [1.29, 1.82) is 0 Å². The highest BCUT2D eigenvalue weighted by Crippen LogP contribution is 2.21. The quantitative estimate of drug-likeness (QED) is 0.768. The number of aromatic nitrogens is 2. The first kappa shape index (κ1) is 15.7. The van der Waals surface area contributed by atoms with Crippen molar-refractivity contribution in [2.45, 2.75) is 25.0 Å². The lowest BCUT2D eigenvalue weighted by Gasteiger charge is -2.40. The van der Waals surface area contributed by atoms with Crippen LogP contribution < -0.4 is 15.5 Å². The van der Waals surface area contributed by atoms with Gasteiger partial charge in [0.2, 0.25) is 11.8 Å². The smallest absolute Gasteiger partial charge is 0.244 e. The Balaban J connectivity index is 2.12. The Bertz CT molecular complexity index is 560. The summed E-state index contributed by atoms with van der Waals surface area (Å²) >= 11 is 0. The molecule has 2 N–H and O–H groups in total. The Kier molecular flexibility index (Phi) is 5.24. The van der Waals surface area contributed by atoms with Gasteiger partial charge in [0, 0.05) is 25.2 Å². The van der Waals surface area contributed by atoms with Crippen molar-refractivity contribution in [3.63, 3.8) is 0 Å². The zero-order valence-electron chi connectivity index (χ0n) is 12.2. The molecule has 22 heavy (non-hydrogen) atoms. The molecule has 1 saturated heterocycles. The number of nitrogens with zero attached hydrogens (tertiary/aromatic N) is 3. The maximum Gasteiger partial charge on any atom is 0.244 e. The molecule has 1 aromatic heterocycles. The van der Waals surface area contributed by atoms with Crippen LogP contribution in [0.1, 0.15) is 12.8 Å². The van der Waals surface area contributed by atoms with Gasteiger partial charge in [-0.05, 0) is 24.6 Å². The summed E-state index contributed by atoms with van der Waals surface area (Å²) in [4.78, 5) is 33.2. The molecule has 0 spiro atoms. The highest BCUT2D eigenvalue weighted by atomic mass is 16.2. The average molecular weight is 301 g/mol. The van der Waals surface area contributed by atoms with Gasteiger partial charge in [-0.1, -0.05) is 13.2 Å². The minimum Gasteiger partial charge on any atom is -0.350 e. The molecule has 2 unspecified atom stereocenters. The molecule has 0 aromatic carbocycles. The van der Waals surface area contributed by atoms with Crippen LogP contribution in [0.25, 0.3) is 0 Å². The van der Waals surface area contributed by atoms with E-state index in [4.69, 9.17) is 0 Å². The first-order valence-corrected chi connectivity index (χ1v) is 7.02. The van der Waals surface area contributed by atoms with Crippen molar-refractivity contribution in [2.75, 3.05) is 11.4 Å². The third kappa shape index (κ3) is 3.91. The summed E-state index contributed by atoms with van der Waals surface area (Å²) in [6.07, 6.45) is 6.64. The molecule has 1 fully saturated rings. The number of hydrogen-bond acceptors (Lipinski definition) is 5. The van der Waals surface area contributed by atoms with Crippen molar-refractivity contribution in [1.82, 2.24) is 20.6 Å². The van der Waals surface area contributed by atoms with Crippen LogP contribution in [0.5, 0.6) is 0 Å². The van der Waals surface area contributed by atoms with Crippen LogP contribution in [-0.2, 0) is 9.59 Å². The Morgan fingerprint density at radius 2 is 2.00 bits per heavy atom. The fraction of sp³-hybridized carbons (Fsp3) is 0.333. The van der Waals surface area contributed by atoms with Gasteiger partial charge < -0.3 is 15.5 Å². The average Bonchev–Trinajstić information content (AvgIpc) is 2.55. The van der Waals surface area contributed by atoms with E-state index in [1.54, 1.807) is 12.3 Å². The molecule has 1 aromatic rings. The van der Waals surface area contributed by atoms with E-state index < -0.39 is 0 Å². The predicted octanol–water partition coefficient (Wildman–Crippen LogP) is 0.376. The molecule has 7 nitrogen and oxygen atoms in total. The van der Waals surface area contributed by atoms with E-state index in [-0.39, 0.29) is 24.0 Å². The third-order valence-corrected chi connectivity index (χ3v) is 3.49. The van der Waals surface area contributed by atoms with Crippen molar-refractivity contribution in [2.24, 2.45) is 0 Å². The Hall–Kier alpha value is -2.70. The molecular weight excluding hydrogens is 282 g/mol. The summed E-state index contributed by atoms with van der Waals surface area (Å²) in [6.45, 7) is 7.57. The van der Waals surface area contributed by atoms with Gasteiger partial charge in [-0.2, -0.15) is 0 Å². The van der Waals surface area contributed by atoms with E-state index in [0.29, 0.717) is 13.0 Å². The first-order valence-electron chi connectivity index (χ1n) is 7.02. The molecule has 2 amide bonds. The number of piperidine rings is 1. The van der Waals surface area contributed by atoms with E-state index >= 15 is 0 Å². The molecule has 0 aliphatic carbocycles. The SMILES string of the molecule is C=CC(=O)NC1CCN(c2ccncn2)C(NC(=O)C=C)C1. The molecule has 1 aliphatic rings. The molecular formula is C15H19N5O2. The molecule has 2 rings (SSSR count). The van der Waals surface area contributed by atoms with Crippen molar-refractivity contribution in [3.8, 4) is 0 Å². The van der Waals surface area contributed by atoms with E-state index in [1.165, 1.54) is 18.5 Å². The second-order valence-electron chi connectivity index (χ2n) is 4.92. The van der Waals surface area contributed by atoms with Crippen molar-refractivity contribution >= 4 is 17.6 Å². The van der Waals surface area contributed by atoms with Gasteiger partial charge in [-0.25, -0.2) is 9.97 Å². The summed E-state index contributed by atoms with van der Waals surface area (Å²) in [5.41, 5.74) is 0. The van der Waals surface area contributed by atoms with Crippen LogP contribution >= 0.6 is 0 Å². The largest absolute Gasteiger partial charge is 0.350 e. The van der Waals surface area contributed by atoms with Crippen LogP contribution in [0.4, 0.5) is 5.82 Å². The van der Waals surface area contributed by atoms with Gasteiger partial charge in [-0.3, -0.25) is 9.59 Å². The number of amides is 2. The monoisotopic (exact) mass is 301 g/mol. The summed E-state index contributed by atoms with van der Waals surface area (Å²) in [6, 6.07) is 1.76. The molecule has 7 heteroatoms. The van der Waals surface area contributed by atoms with E-state index in [9.17, 15) is 9.59 Å². The standard InChI is InChI=1S/C15H19N5O2/c1-3-14(21)18-11-6-8-20(12-5-7-16-10-17-12)13(9-11)19-15(22)4-2/h3-5,7,10-11,13H,1-2,6,8-9H2,(H,18,21)(H,19,22). The topological polar surface area (TPSA) is 87.2 Å². The lowest BCUT2D eigenvalue weighted by Crippen LogP contribution is -2.57. The van der Waals surface area contributed by atoms with E-state index in [0.717, 1.165) is 12.2 Å². The van der Waals surface area contributed by atoms with Crippen LogP contribution in [0.3, 0.4) is 0 Å². The maximum atomic E-state index is 11.6. The lowest BCUT2D eigenvalue weighted by atomic mass is 10.0. The molecule has 0 radical (unpaired) electrons. The summed E-state index contributed by atoms with van der Waals surface area (Å²) in [5, 5.41) is 5.74. The number of carbonyl (C=O) groups is 2. The molecule has 2 atom stereocenters. The molecule has 0 bridgehead atoms. The second-order valence-corrected chi connectivity index (χ2v) is 4.92. The van der Waals surface area contributed by atoms with Gasteiger partial charge >= 0.3 is 0 Å². The fourth-order valence-electron chi connectivity index (χ4n) is 2.44. The molecule has 0 saturated carbocycles. The Morgan fingerprint density at radius 3 is 2.64 bits per heavy atom. The number of rotatable bonds is 5. The first-order chi connectivity index (χ1) is 10.6. The van der Waals surface area contributed by atoms with Gasteiger partial charge in [-0.15, -0.1) is 0 Å². The van der Waals surface area contributed by atoms with Gasteiger partial charge in [0.05, 0.1) is 0 Å². The van der Waals surface area contributed by atoms with Crippen molar-refractivity contribution < 1.29 is 9.59 Å². The van der Waals surface area contributed by atoms with Crippen LogP contribution in [0.15, 0.2) is 43.9 Å². The minimum atomic E-state index is -0.274. The zero-order valence-corrected chi connectivity index (χ0v) is 12.2. The van der Waals surface area contributed by atoms with Crippen LogP contribution in [-0.4, -0.2) is 40.5 Å². The van der Waals surface area contributed by atoms with Gasteiger partial charge in [0.15, 0.2) is 0 Å². The molecule has 1 aliphatic heterocycles. The van der Waals surface area contributed by atoms with Gasteiger partial charge in [0.1, 0.15) is 18.3 Å². The summed E-state index contributed by atoms with van der Waals surface area (Å²) in [5.74, 6) is 0.256. The number of carbonyl (C=O) groups excluding carboxylic acids is 2. The Morgan fingerprint density at radius 1 is 1.27 bits per heavy atom. The molecule has 2 heterocycles. The third-order valence-electron chi connectivity index (χ3n) is 3.49. The van der Waals surface area contributed by atoms with E-state index in [2.05, 4.69) is 33.8 Å². The van der Waals surface area contributed by atoms with Crippen LogP contribution in [0, 0.1) is 0 Å². The normalized spacial score (nSPS) is 20.8. The highest BCUT2D eigenvalue weighted by Gasteiger charge is 2.30. The van der Waals surface area contributed by atoms with Crippen molar-refractivity contribution in [3.05, 3.63) is 43.9 Å². The predicted molar refractivity (Wildman–Crippen MR) is 82.9 cm³/mol. The van der Waals surface area contributed by atoms with E-state index in [1.807, 2.05) is 4.90 Å². The Labute approximate surface area is 129 Å². The lowest BCUT2D eigenvalue weighted by molar-refractivity contribution is -0.117. The van der Waals surface area contributed by atoms with Gasteiger partial charge in [0.25, 0.3) is 0 Å². The second kappa shape index (κ2) is 7.35. The number of anilines is 1. The number of hydrogen-bond donors (Lipinski definition) is 2.